The van der Waals surface area contributed by atoms with E-state index in [1.54, 1.807) is 6.07 Å². The van der Waals surface area contributed by atoms with Crippen LogP contribution in [0, 0.1) is 5.92 Å². The van der Waals surface area contributed by atoms with Crippen LogP contribution in [0.1, 0.15) is 25.3 Å². The van der Waals surface area contributed by atoms with Crippen molar-refractivity contribution in [3.63, 3.8) is 0 Å². The summed E-state index contributed by atoms with van der Waals surface area (Å²) in [5, 5.41) is 10.00. The van der Waals surface area contributed by atoms with E-state index >= 15 is 0 Å². The van der Waals surface area contributed by atoms with Crippen LogP contribution in [-0.2, 0) is 6.54 Å². The number of hydrogen-bond donors (Lipinski definition) is 2. The number of nitrogens with zero attached hydrogens (tertiary/aromatic N) is 2. The number of nitrogens with two attached hydrogens (primary N) is 1. The van der Waals surface area contributed by atoms with Gasteiger partial charge in [-0.2, -0.15) is 0 Å². The van der Waals surface area contributed by atoms with Gasteiger partial charge in [-0.25, -0.2) is 4.99 Å². The summed E-state index contributed by atoms with van der Waals surface area (Å²) >= 11 is 0. The van der Waals surface area contributed by atoms with Crippen molar-refractivity contribution < 1.29 is 9.84 Å². The molecule has 0 spiro atoms. The zero-order valence-electron chi connectivity index (χ0n) is 12.6. The lowest BCUT2D eigenvalue weighted by atomic mass is 10.00. The van der Waals surface area contributed by atoms with Crippen LogP contribution >= 0.6 is 24.0 Å². The van der Waals surface area contributed by atoms with E-state index in [2.05, 4.69) is 16.8 Å². The van der Waals surface area contributed by atoms with E-state index in [1.165, 1.54) is 7.11 Å². The molecule has 1 aromatic carbocycles. The van der Waals surface area contributed by atoms with Crippen molar-refractivity contribution in [3.05, 3.63) is 23.8 Å². The average Bonchev–Trinajstić information content (AvgIpc) is 2.46. The zero-order valence-corrected chi connectivity index (χ0v) is 14.9. The molecule has 0 bridgehead atoms. The van der Waals surface area contributed by atoms with Crippen LogP contribution in [0.15, 0.2) is 23.2 Å². The van der Waals surface area contributed by atoms with Gasteiger partial charge in [0, 0.05) is 18.7 Å². The molecule has 0 saturated carbocycles. The van der Waals surface area contributed by atoms with Crippen LogP contribution in [0.3, 0.4) is 0 Å². The Morgan fingerprint density at radius 1 is 1.43 bits per heavy atom. The lowest BCUT2D eigenvalue weighted by Gasteiger charge is -2.31. The zero-order chi connectivity index (χ0) is 14.5. The Labute approximate surface area is 143 Å². The summed E-state index contributed by atoms with van der Waals surface area (Å²) in [6, 6.07) is 5.38. The molecule has 2 rings (SSSR count). The fraction of sp³-hybridized carbons (Fsp3) is 0.533. The first-order valence-electron chi connectivity index (χ1n) is 7.01. The maximum Gasteiger partial charge on any atom is 0.191 e. The van der Waals surface area contributed by atoms with Gasteiger partial charge in [-0.3, -0.25) is 0 Å². The summed E-state index contributed by atoms with van der Waals surface area (Å²) in [5.41, 5.74) is 6.75. The molecule has 1 aliphatic heterocycles. The van der Waals surface area contributed by atoms with Gasteiger partial charge in [0.2, 0.25) is 0 Å². The first-order valence-corrected chi connectivity index (χ1v) is 7.01. The highest BCUT2D eigenvalue weighted by molar-refractivity contribution is 14.0. The normalized spacial score (nSPS) is 16.5. The van der Waals surface area contributed by atoms with Crippen LogP contribution in [-0.4, -0.2) is 36.2 Å². The van der Waals surface area contributed by atoms with Crippen molar-refractivity contribution in [2.45, 2.75) is 26.3 Å². The van der Waals surface area contributed by atoms with Crippen molar-refractivity contribution in [1.82, 2.24) is 4.90 Å². The molecule has 0 unspecified atom stereocenters. The molecule has 0 radical (unpaired) electrons. The maximum absolute atomic E-state index is 10.00. The molecule has 1 saturated heterocycles. The number of piperidine rings is 1. The standard InChI is InChI=1S/C15H23N3O2.HI/c1-11-6-8-18(9-7-11)15(16)17-10-12-4-3-5-13(20-2)14(12)19;/h3-5,11,19H,6-10H2,1-2H3,(H2,16,17);1H. The molecule has 0 aromatic heterocycles. The maximum atomic E-state index is 10.00. The smallest absolute Gasteiger partial charge is 0.191 e. The molecular weight excluding hydrogens is 381 g/mol. The second kappa shape index (κ2) is 8.31. The van der Waals surface area contributed by atoms with E-state index in [0.717, 1.165) is 37.4 Å². The molecule has 3 N–H and O–H groups in total. The Balaban J connectivity index is 0.00000220. The molecular formula is C15H24IN3O2. The highest BCUT2D eigenvalue weighted by Crippen LogP contribution is 2.29. The molecule has 6 heteroatoms. The predicted octanol–water partition coefficient (Wildman–Crippen LogP) is 2.57. The van der Waals surface area contributed by atoms with Crippen LogP contribution in [0.5, 0.6) is 11.5 Å². The fourth-order valence-corrected chi connectivity index (χ4v) is 2.36. The monoisotopic (exact) mass is 405 g/mol. The van der Waals surface area contributed by atoms with Crippen molar-refractivity contribution in [2.75, 3.05) is 20.2 Å². The number of para-hydroxylation sites is 1. The second-order valence-electron chi connectivity index (χ2n) is 5.31. The number of likely N-dealkylation sites (tertiary alicyclic amines) is 1. The number of guanidine groups is 1. The molecule has 1 aromatic rings. The Kier molecular flexibility index (Phi) is 7.07. The minimum Gasteiger partial charge on any atom is -0.504 e. The van der Waals surface area contributed by atoms with Gasteiger partial charge in [0.15, 0.2) is 17.5 Å². The molecule has 0 atom stereocenters. The van der Waals surface area contributed by atoms with Gasteiger partial charge in [0.05, 0.1) is 13.7 Å². The molecule has 1 aliphatic rings. The van der Waals surface area contributed by atoms with Gasteiger partial charge in [-0.05, 0) is 24.8 Å². The third-order valence-electron chi connectivity index (χ3n) is 3.82. The number of halogens is 1. The molecule has 1 fully saturated rings. The summed E-state index contributed by atoms with van der Waals surface area (Å²) in [4.78, 5) is 6.49. The number of phenols is 1. The number of aliphatic imine (C=N–C) groups is 1. The summed E-state index contributed by atoms with van der Waals surface area (Å²) in [5.74, 6) is 1.92. The van der Waals surface area contributed by atoms with Crippen LogP contribution < -0.4 is 10.5 Å². The van der Waals surface area contributed by atoms with Crippen LogP contribution in [0.4, 0.5) is 0 Å². The van der Waals surface area contributed by atoms with Crippen molar-refractivity contribution in [2.24, 2.45) is 16.6 Å². The van der Waals surface area contributed by atoms with Crippen molar-refractivity contribution >= 4 is 29.9 Å². The van der Waals surface area contributed by atoms with E-state index in [9.17, 15) is 5.11 Å². The van der Waals surface area contributed by atoms with Gasteiger partial charge in [-0.15, -0.1) is 24.0 Å². The highest BCUT2D eigenvalue weighted by atomic mass is 127. The third kappa shape index (κ3) is 4.66. The van der Waals surface area contributed by atoms with Crippen molar-refractivity contribution in [1.29, 1.82) is 0 Å². The number of hydrogen-bond acceptors (Lipinski definition) is 3. The quantitative estimate of drug-likeness (QED) is 0.461. The third-order valence-corrected chi connectivity index (χ3v) is 3.82. The van der Waals surface area contributed by atoms with Crippen LogP contribution in [0.25, 0.3) is 0 Å². The van der Waals surface area contributed by atoms with E-state index in [1.807, 2.05) is 12.1 Å². The first kappa shape index (κ1) is 17.9. The first-order chi connectivity index (χ1) is 9.61. The van der Waals surface area contributed by atoms with E-state index < -0.39 is 0 Å². The molecule has 118 valence electrons. The van der Waals surface area contributed by atoms with Crippen LogP contribution in [0.2, 0.25) is 0 Å². The second-order valence-corrected chi connectivity index (χ2v) is 5.31. The number of ether oxygens (including phenoxy) is 1. The number of aromatic hydroxyl groups is 1. The van der Waals surface area contributed by atoms with Gasteiger partial charge < -0.3 is 20.5 Å². The fourth-order valence-electron chi connectivity index (χ4n) is 2.36. The topological polar surface area (TPSA) is 71.1 Å². The Bertz CT molecular complexity index is 486. The Hall–Kier alpha value is -1.18. The average molecular weight is 405 g/mol. The van der Waals surface area contributed by atoms with Gasteiger partial charge in [0.1, 0.15) is 0 Å². The molecule has 0 amide bonds. The molecule has 1 heterocycles. The van der Waals surface area contributed by atoms with Crippen molar-refractivity contribution in [3.8, 4) is 11.5 Å². The van der Waals surface area contributed by atoms with E-state index in [4.69, 9.17) is 10.5 Å². The number of rotatable bonds is 3. The lowest BCUT2D eigenvalue weighted by Crippen LogP contribution is -2.42. The number of benzene rings is 1. The van der Waals surface area contributed by atoms with Gasteiger partial charge >= 0.3 is 0 Å². The summed E-state index contributed by atoms with van der Waals surface area (Å²) in [6.07, 6.45) is 2.31. The van der Waals surface area contributed by atoms with E-state index in [-0.39, 0.29) is 29.7 Å². The number of phenolic OH excluding ortho intramolecular Hbond substituents is 1. The van der Waals surface area contributed by atoms with E-state index in [0.29, 0.717) is 18.3 Å². The van der Waals surface area contributed by atoms with Gasteiger partial charge in [0.25, 0.3) is 0 Å². The summed E-state index contributed by atoms with van der Waals surface area (Å²) in [7, 11) is 1.53. The van der Waals surface area contributed by atoms with Gasteiger partial charge in [-0.1, -0.05) is 19.1 Å². The lowest BCUT2D eigenvalue weighted by molar-refractivity contribution is 0.277. The highest BCUT2D eigenvalue weighted by Gasteiger charge is 2.17. The molecule has 0 aliphatic carbocycles. The Morgan fingerprint density at radius 2 is 2.10 bits per heavy atom. The predicted molar refractivity (Wildman–Crippen MR) is 95.4 cm³/mol. The largest absolute Gasteiger partial charge is 0.504 e. The number of methoxy groups -OCH3 is 1. The molecule has 21 heavy (non-hydrogen) atoms. The molecule has 5 nitrogen and oxygen atoms in total. The summed E-state index contributed by atoms with van der Waals surface area (Å²) in [6.45, 7) is 4.54. The minimum absolute atomic E-state index is 0. The minimum atomic E-state index is 0. The summed E-state index contributed by atoms with van der Waals surface area (Å²) < 4.78 is 5.08. The SMILES string of the molecule is COc1cccc(CN=C(N)N2CCC(C)CC2)c1O.I. The Morgan fingerprint density at radius 3 is 2.71 bits per heavy atom.